The molecule has 0 radical (unpaired) electrons. The van der Waals surface area contributed by atoms with E-state index >= 15 is 0 Å². The maximum absolute atomic E-state index is 5.83. The molecule has 0 saturated carbocycles. The molecule has 1 atom stereocenters. The molecule has 0 saturated heterocycles. The smallest absolute Gasteiger partial charge is 0.355 e. The van der Waals surface area contributed by atoms with Gasteiger partial charge in [0.15, 0.2) is 0 Å². The van der Waals surface area contributed by atoms with Gasteiger partial charge in [0, 0.05) is 26.9 Å². The average Bonchev–Trinajstić information content (AvgIpc) is 2.33. The van der Waals surface area contributed by atoms with E-state index < -0.39 is 9.05 Å². The van der Waals surface area contributed by atoms with E-state index in [2.05, 4.69) is 13.8 Å². The van der Waals surface area contributed by atoms with Crippen molar-refractivity contribution >= 4 is 9.05 Å². The van der Waals surface area contributed by atoms with Gasteiger partial charge in [0.2, 0.25) is 0 Å². The second kappa shape index (κ2) is 10.0. The van der Waals surface area contributed by atoms with Gasteiger partial charge in [-0.25, -0.2) is 0 Å². The molecule has 0 heterocycles. The van der Waals surface area contributed by atoms with Crippen molar-refractivity contribution in [1.82, 2.24) is 0 Å². The van der Waals surface area contributed by atoms with Crippen molar-refractivity contribution in [3.63, 3.8) is 0 Å². The molecule has 0 aliphatic carbocycles. The van der Waals surface area contributed by atoms with Crippen molar-refractivity contribution in [3.05, 3.63) is 0 Å². The van der Waals surface area contributed by atoms with Gasteiger partial charge in [-0.2, -0.15) is 0 Å². The molecule has 0 spiro atoms. The third-order valence-corrected chi connectivity index (χ3v) is 4.82. The third-order valence-electron chi connectivity index (χ3n) is 2.57. The summed E-state index contributed by atoms with van der Waals surface area (Å²) in [4.78, 5) is 0. The fourth-order valence-corrected chi connectivity index (χ4v) is 3.26. The van der Waals surface area contributed by atoms with Gasteiger partial charge in [-0.05, 0) is 19.8 Å². The lowest BCUT2D eigenvalue weighted by atomic mass is 10.2. The lowest BCUT2D eigenvalue weighted by Gasteiger charge is -2.28. The zero-order chi connectivity index (χ0) is 13.1. The Labute approximate surface area is 107 Å². The van der Waals surface area contributed by atoms with Crippen LogP contribution in [-0.2, 0) is 17.7 Å². The molecule has 104 valence electrons. The first-order chi connectivity index (χ1) is 8.14. The number of rotatable bonds is 11. The molecule has 5 heteroatoms. The standard InChI is InChI=1S/C12H28O4Si/c1-6-8-9-11-15-17(13-4,14-5)16-12(3)10-7-2/h12H,6-11H2,1-5H3. The zero-order valence-corrected chi connectivity index (χ0v) is 13.0. The Morgan fingerprint density at radius 1 is 1.00 bits per heavy atom. The number of hydrogen-bond donors (Lipinski definition) is 0. The van der Waals surface area contributed by atoms with E-state index in [0.717, 1.165) is 25.7 Å². The van der Waals surface area contributed by atoms with Gasteiger partial charge < -0.3 is 17.7 Å². The normalized spacial score (nSPS) is 13.9. The van der Waals surface area contributed by atoms with Gasteiger partial charge in [-0.15, -0.1) is 0 Å². The van der Waals surface area contributed by atoms with Crippen molar-refractivity contribution in [2.75, 3.05) is 20.8 Å². The van der Waals surface area contributed by atoms with Gasteiger partial charge in [-0.3, -0.25) is 0 Å². The predicted molar refractivity (Wildman–Crippen MR) is 70.7 cm³/mol. The van der Waals surface area contributed by atoms with Crippen LogP contribution < -0.4 is 0 Å². The van der Waals surface area contributed by atoms with Crippen LogP contribution in [0, 0.1) is 0 Å². The summed E-state index contributed by atoms with van der Waals surface area (Å²) in [5.74, 6) is 0. The lowest BCUT2D eigenvalue weighted by Crippen LogP contribution is -2.49. The van der Waals surface area contributed by atoms with Crippen LogP contribution in [0.25, 0.3) is 0 Å². The highest BCUT2D eigenvalue weighted by molar-refractivity contribution is 6.53. The summed E-state index contributed by atoms with van der Waals surface area (Å²) in [7, 11) is 0.289. The molecular weight excluding hydrogens is 236 g/mol. The molecule has 4 nitrogen and oxygen atoms in total. The summed E-state index contributed by atoms with van der Waals surface area (Å²) in [6.07, 6.45) is 5.52. The zero-order valence-electron chi connectivity index (χ0n) is 12.0. The monoisotopic (exact) mass is 264 g/mol. The summed E-state index contributed by atoms with van der Waals surface area (Å²) in [5.41, 5.74) is 0. The molecule has 0 aliphatic heterocycles. The summed E-state index contributed by atoms with van der Waals surface area (Å²) in [6.45, 7) is 6.96. The van der Waals surface area contributed by atoms with E-state index in [0.29, 0.717) is 6.61 Å². The quantitative estimate of drug-likeness (QED) is 0.424. The fraction of sp³-hybridized carbons (Fsp3) is 1.00. The van der Waals surface area contributed by atoms with Gasteiger partial charge in [-0.1, -0.05) is 33.1 Å². The summed E-state index contributed by atoms with van der Waals surface area (Å²) >= 11 is 0. The molecule has 0 aromatic heterocycles. The molecule has 0 N–H and O–H groups in total. The van der Waals surface area contributed by atoms with E-state index in [4.69, 9.17) is 17.7 Å². The minimum atomic E-state index is -2.89. The average molecular weight is 264 g/mol. The summed E-state index contributed by atoms with van der Waals surface area (Å²) in [6, 6.07) is 0. The third kappa shape index (κ3) is 7.16. The van der Waals surface area contributed by atoms with Crippen LogP contribution in [0.3, 0.4) is 0 Å². The first-order valence-corrected chi connectivity index (χ1v) is 8.19. The Balaban J connectivity index is 4.14. The molecule has 0 aliphatic rings. The van der Waals surface area contributed by atoms with Crippen LogP contribution in [-0.4, -0.2) is 36.0 Å². The molecule has 17 heavy (non-hydrogen) atoms. The highest BCUT2D eigenvalue weighted by Crippen LogP contribution is 2.15. The molecular formula is C12H28O4Si. The second-order valence-electron chi connectivity index (χ2n) is 4.18. The Hall–Kier alpha value is 0.0569. The second-order valence-corrected chi connectivity index (χ2v) is 6.52. The number of hydrogen-bond acceptors (Lipinski definition) is 4. The van der Waals surface area contributed by atoms with E-state index in [1.165, 1.54) is 6.42 Å². The molecule has 1 unspecified atom stereocenters. The first kappa shape index (κ1) is 17.1. The SMILES string of the molecule is CCCCCO[Si](OC)(OC)OC(C)CCC. The van der Waals surface area contributed by atoms with Crippen LogP contribution in [0.5, 0.6) is 0 Å². The largest absolute Gasteiger partial charge is 0.679 e. The van der Waals surface area contributed by atoms with E-state index in [9.17, 15) is 0 Å². The molecule has 0 bridgehead atoms. The highest BCUT2D eigenvalue weighted by Gasteiger charge is 2.44. The minimum Gasteiger partial charge on any atom is -0.355 e. The first-order valence-electron chi connectivity index (χ1n) is 6.56. The molecule has 0 aromatic carbocycles. The Morgan fingerprint density at radius 2 is 1.65 bits per heavy atom. The Bertz CT molecular complexity index is 174. The van der Waals surface area contributed by atoms with E-state index in [-0.39, 0.29) is 6.10 Å². The maximum atomic E-state index is 5.83. The molecule has 0 aromatic rings. The number of unbranched alkanes of at least 4 members (excludes halogenated alkanes) is 2. The Morgan fingerprint density at radius 3 is 2.12 bits per heavy atom. The van der Waals surface area contributed by atoms with Gasteiger partial charge in [0.05, 0.1) is 0 Å². The summed E-state index contributed by atoms with van der Waals surface area (Å²) in [5, 5.41) is 0. The topological polar surface area (TPSA) is 36.9 Å². The molecule has 0 amide bonds. The predicted octanol–water partition coefficient (Wildman–Crippen LogP) is 3.13. The van der Waals surface area contributed by atoms with E-state index in [1.54, 1.807) is 14.2 Å². The van der Waals surface area contributed by atoms with Crippen molar-refractivity contribution in [2.24, 2.45) is 0 Å². The van der Waals surface area contributed by atoms with Crippen LogP contribution in [0.2, 0.25) is 0 Å². The molecule has 0 rings (SSSR count). The lowest BCUT2D eigenvalue weighted by molar-refractivity contribution is -0.0324. The fourth-order valence-electron chi connectivity index (χ4n) is 1.59. The highest BCUT2D eigenvalue weighted by atomic mass is 28.4. The van der Waals surface area contributed by atoms with Crippen molar-refractivity contribution in [2.45, 2.75) is 59.0 Å². The van der Waals surface area contributed by atoms with Crippen molar-refractivity contribution in [3.8, 4) is 0 Å². The van der Waals surface area contributed by atoms with Crippen LogP contribution in [0.4, 0.5) is 0 Å². The van der Waals surface area contributed by atoms with Gasteiger partial charge in [0.1, 0.15) is 0 Å². The Kier molecular flexibility index (Phi) is 10.1. The van der Waals surface area contributed by atoms with Crippen molar-refractivity contribution < 1.29 is 17.7 Å². The summed E-state index contributed by atoms with van der Waals surface area (Å²) < 4.78 is 22.3. The van der Waals surface area contributed by atoms with E-state index in [1.807, 2.05) is 6.92 Å². The van der Waals surface area contributed by atoms with Crippen LogP contribution >= 0.6 is 0 Å². The van der Waals surface area contributed by atoms with Crippen LogP contribution in [0.1, 0.15) is 52.9 Å². The van der Waals surface area contributed by atoms with Gasteiger partial charge >= 0.3 is 9.05 Å². The maximum Gasteiger partial charge on any atom is 0.679 e. The van der Waals surface area contributed by atoms with Crippen LogP contribution in [0.15, 0.2) is 0 Å². The van der Waals surface area contributed by atoms with Gasteiger partial charge in [0.25, 0.3) is 0 Å². The minimum absolute atomic E-state index is 0.109. The molecule has 0 fully saturated rings. The van der Waals surface area contributed by atoms with Crippen molar-refractivity contribution in [1.29, 1.82) is 0 Å².